The number of ether oxygens (including phenoxy) is 1. The van der Waals surface area contributed by atoms with Crippen LogP contribution in [0.4, 0.5) is 4.79 Å². The van der Waals surface area contributed by atoms with Gasteiger partial charge in [-0.2, -0.15) is 0 Å². The number of benzene rings is 1. The molecule has 1 aliphatic rings. The second-order valence-corrected chi connectivity index (χ2v) is 8.58. The van der Waals surface area contributed by atoms with Gasteiger partial charge in [0.1, 0.15) is 18.3 Å². The predicted molar refractivity (Wildman–Crippen MR) is 137 cm³/mol. The van der Waals surface area contributed by atoms with Crippen molar-refractivity contribution in [1.82, 2.24) is 25.4 Å². The summed E-state index contributed by atoms with van der Waals surface area (Å²) in [7, 11) is 0. The summed E-state index contributed by atoms with van der Waals surface area (Å²) in [5, 5.41) is 5.41. The quantitative estimate of drug-likeness (QED) is 0.355. The lowest BCUT2D eigenvalue weighted by atomic mass is 10.1. The fourth-order valence-electron chi connectivity index (χ4n) is 3.92. The largest absolute Gasteiger partial charge is 0.445 e. The normalized spacial score (nSPS) is 13.8. The second kappa shape index (κ2) is 14.4. The van der Waals surface area contributed by atoms with E-state index in [1.807, 2.05) is 30.3 Å². The Kier molecular flexibility index (Phi) is 10.6. The van der Waals surface area contributed by atoms with Gasteiger partial charge in [0.25, 0.3) is 5.91 Å². The first kappa shape index (κ1) is 27.4. The van der Waals surface area contributed by atoms with E-state index in [4.69, 9.17) is 4.74 Å². The number of amides is 4. The molecule has 1 aromatic heterocycles. The number of alkyl carbamates (subject to hydrolysis) is 1. The summed E-state index contributed by atoms with van der Waals surface area (Å²) in [5.74, 6) is -0.654. The topological polar surface area (TPSA) is 121 Å². The highest BCUT2D eigenvalue weighted by Gasteiger charge is 2.30. The zero-order chi connectivity index (χ0) is 26.5. The number of pyridine rings is 1. The van der Waals surface area contributed by atoms with E-state index in [2.05, 4.69) is 22.2 Å². The molecule has 4 amide bonds. The number of nitrogens with zero attached hydrogens (tertiary/aromatic N) is 3. The third kappa shape index (κ3) is 8.75. The van der Waals surface area contributed by atoms with Crippen LogP contribution >= 0.6 is 0 Å². The molecule has 0 aliphatic carbocycles. The first-order valence-electron chi connectivity index (χ1n) is 12.3. The predicted octanol–water partition coefficient (Wildman–Crippen LogP) is 2.13. The molecule has 1 saturated heterocycles. The van der Waals surface area contributed by atoms with Crippen molar-refractivity contribution < 1.29 is 23.9 Å². The standard InChI is InChI=1S/C27H33N5O5/c1-2-24(33)29-15-9-7-13-23(30-27(36)37-20-21-10-4-3-5-11-21)26(35)32-18-16-31(17-19-32)25(34)22-12-6-8-14-28-22/h2-6,8,10-12,14,23H,1,7,9,13,15-20H2,(H,29,33)(H,30,36). The monoisotopic (exact) mass is 507 g/mol. The molecular formula is C27H33N5O5. The fraction of sp³-hybridized carbons (Fsp3) is 0.370. The maximum absolute atomic E-state index is 13.3. The molecule has 3 rings (SSSR count). The minimum Gasteiger partial charge on any atom is -0.445 e. The summed E-state index contributed by atoms with van der Waals surface area (Å²) in [4.78, 5) is 57.3. The van der Waals surface area contributed by atoms with Crippen molar-refractivity contribution in [2.75, 3.05) is 32.7 Å². The summed E-state index contributed by atoms with van der Waals surface area (Å²) >= 11 is 0. The number of hydrogen-bond donors (Lipinski definition) is 2. The first-order valence-corrected chi connectivity index (χ1v) is 12.3. The molecule has 2 heterocycles. The number of aromatic nitrogens is 1. The Balaban J connectivity index is 1.54. The highest BCUT2D eigenvalue weighted by atomic mass is 16.5. The Labute approximate surface area is 216 Å². The van der Waals surface area contributed by atoms with E-state index >= 15 is 0 Å². The molecule has 37 heavy (non-hydrogen) atoms. The van der Waals surface area contributed by atoms with Crippen LogP contribution in [0.3, 0.4) is 0 Å². The van der Waals surface area contributed by atoms with Gasteiger partial charge in [0, 0.05) is 38.9 Å². The van der Waals surface area contributed by atoms with E-state index in [9.17, 15) is 19.2 Å². The van der Waals surface area contributed by atoms with E-state index in [0.717, 1.165) is 5.56 Å². The average Bonchev–Trinajstić information content (AvgIpc) is 2.95. The lowest BCUT2D eigenvalue weighted by Crippen LogP contribution is -2.56. The van der Waals surface area contributed by atoms with Crippen LogP contribution < -0.4 is 10.6 Å². The molecule has 1 unspecified atom stereocenters. The SMILES string of the molecule is C=CC(=O)NCCCCC(NC(=O)OCc1ccccc1)C(=O)N1CCN(C(=O)c2ccccn2)CC1. The van der Waals surface area contributed by atoms with Gasteiger partial charge in [0.05, 0.1) is 0 Å². The van der Waals surface area contributed by atoms with Gasteiger partial charge in [-0.1, -0.05) is 43.0 Å². The third-order valence-electron chi connectivity index (χ3n) is 5.97. The Morgan fingerprint density at radius 3 is 2.35 bits per heavy atom. The molecule has 10 heteroatoms. The van der Waals surface area contributed by atoms with Gasteiger partial charge in [-0.15, -0.1) is 0 Å². The molecule has 1 fully saturated rings. The van der Waals surface area contributed by atoms with E-state index < -0.39 is 12.1 Å². The summed E-state index contributed by atoms with van der Waals surface area (Å²) in [6.07, 6.45) is 3.72. The molecule has 0 radical (unpaired) electrons. The third-order valence-corrected chi connectivity index (χ3v) is 5.97. The fourth-order valence-corrected chi connectivity index (χ4v) is 3.92. The van der Waals surface area contributed by atoms with E-state index in [-0.39, 0.29) is 24.3 Å². The van der Waals surface area contributed by atoms with Crippen molar-refractivity contribution in [2.45, 2.75) is 31.9 Å². The summed E-state index contributed by atoms with van der Waals surface area (Å²) in [5.41, 5.74) is 1.21. The van der Waals surface area contributed by atoms with Crippen LogP contribution in [0.5, 0.6) is 0 Å². The molecule has 196 valence electrons. The van der Waals surface area contributed by atoms with E-state index in [1.54, 1.807) is 34.2 Å². The minimum absolute atomic E-state index is 0.0927. The second-order valence-electron chi connectivity index (χ2n) is 8.58. The van der Waals surface area contributed by atoms with E-state index in [0.29, 0.717) is 57.7 Å². The summed E-state index contributed by atoms with van der Waals surface area (Å²) < 4.78 is 5.32. The van der Waals surface area contributed by atoms with Gasteiger partial charge >= 0.3 is 6.09 Å². The summed E-state index contributed by atoms with van der Waals surface area (Å²) in [6, 6.07) is 13.7. The lowest BCUT2D eigenvalue weighted by molar-refractivity contribution is -0.135. The number of nitrogens with one attached hydrogen (secondary N) is 2. The number of hydrogen-bond acceptors (Lipinski definition) is 6. The molecule has 1 aliphatic heterocycles. The Morgan fingerprint density at radius 2 is 1.68 bits per heavy atom. The van der Waals surface area contributed by atoms with Crippen molar-refractivity contribution in [3.8, 4) is 0 Å². The smallest absolute Gasteiger partial charge is 0.408 e. The Hall–Kier alpha value is -4.21. The highest BCUT2D eigenvalue weighted by molar-refractivity contribution is 5.92. The summed E-state index contributed by atoms with van der Waals surface area (Å²) in [6.45, 7) is 5.40. The molecule has 0 saturated carbocycles. The number of carbonyl (C=O) groups excluding carboxylic acids is 4. The molecule has 2 aromatic rings. The van der Waals surface area contributed by atoms with Gasteiger partial charge in [0.15, 0.2) is 0 Å². The number of carbonyl (C=O) groups is 4. The Morgan fingerprint density at radius 1 is 0.973 bits per heavy atom. The lowest BCUT2D eigenvalue weighted by Gasteiger charge is -2.36. The van der Waals surface area contributed by atoms with Crippen molar-refractivity contribution in [1.29, 1.82) is 0 Å². The van der Waals surface area contributed by atoms with Gasteiger partial charge in [0.2, 0.25) is 11.8 Å². The zero-order valence-electron chi connectivity index (χ0n) is 20.8. The van der Waals surface area contributed by atoms with Crippen LogP contribution in [0.25, 0.3) is 0 Å². The molecule has 2 N–H and O–H groups in total. The van der Waals surface area contributed by atoms with Crippen LogP contribution in [0.2, 0.25) is 0 Å². The first-order chi connectivity index (χ1) is 18.0. The van der Waals surface area contributed by atoms with Crippen LogP contribution in [0.15, 0.2) is 67.4 Å². The molecule has 0 spiro atoms. The number of piperazine rings is 1. The highest BCUT2D eigenvalue weighted by Crippen LogP contribution is 2.12. The van der Waals surface area contributed by atoms with Crippen LogP contribution in [0.1, 0.15) is 35.3 Å². The van der Waals surface area contributed by atoms with Gasteiger partial charge in [-0.05, 0) is 43.0 Å². The molecule has 1 atom stereocenters. The van der Waals surface area contributed by atoms with Crippen LogP contribution in [-0.2, 0) is 20.9 Å². The van der Waals surface area contributed by atoms with Crippen molar-refractivity contribution in [3.63, 3.8) is 0 Å². The van der Waals surface area contributed by atoms with Crippen LogP contribution in [-0.4, -0.2) is 77.4 Å². The molecule has 0 bridgehead atoms. The minimum atomic E-state index is -0.781. The van der Waals surface area contributed by atoms with Crippen molar-refractivity contribution in [3.05, 3.63) is 78.6 Å². The van der Waals surface area contributed by atoms with E-state index in [1.165, 1.54) is 6.08 Å². The zero-order valence-corrected chi connectivity index (χ0v) is 20.8. The molecule has 10 nitrogen and oxygen atoms in total. The van der Waals surface area contributed by atoms with Gasteiger partial charge < -0.3 is 25.2 Å². The molecular weight excluding hydrogens is 474 g/mol. The maximum atomic E-state index is 13.3. The van der Waals surface area contributed by atoms with Crippen molar-refractivity contribution >= 4 is 23.8 Å². The number of unbranched alkanes of at least 4 members (excludes halogenated alkanes) is 1. The number of rotatable bonds is 11. The average molecular weight is 508 g/mol. The van der Waals surface area contributed by atoms with Crippen LogP contribution in [0, 0.1) is 0 Å². The maximum Gasteiger partial charge on any atom is 0.408 e. The Bertz CT molecular complexity index is 1060. The van der Waals surface area contributed by atoms with Crippen molar-refractivity contribution in [2.24, 2.45) is 0 Å². The van der Waals surface area contributed by atoms with Gasteiger partial charge in [-0.3, -0.25) is 19.4 Å². The molecule has 1 aromatic carbocycles. The van der Waals surface area contributed by atoms with Gasteiger partial charge in [-0.25, -0.2) is 4.79 Å².